The number of halogens is 3. The standard InChI is InChI=1S/C14H11F3N4O3S2/c15-14(16,17)8-24-9-1-3-10(4-2-9)26(22,23)20-12-11(7-18)21-5-6-25-13(21)19-12/h1-4,20H,5-6,8H2. The zero-order chi connectivity index (χ0) is 18.9. The van der Waals surface area contributed by atoms with Gasteiger partial charge < -0.3 is 9.30 Å². The van der Waals surface area contributed by atoms with Crippen LogP contribution in [0.5, 0.6) is 5.75 Å². The van der Waals surface area contributed by atoms with Crippen LogP contribution in [0.25, 0.3) is 0 Å². The van der Waals surface area contributed by atoms with Crippen LogP contribution in [0.15, 0.2) is 34.3 Å². The van der Waals surface area contributed by atoms with Crippen molar-refractivity contribution in [3.05, 3.63) is 30.0 Å². The first kappa shape index (κ1) is 18.4. The number of benzene rings is 1. The number of ether oxygens (including phenoxy) is 1. The lowest BCUT2D eigenvalue weighted by Crippen LogP contribution is -2.19. The van der Waals surface area contributed by atoms with Crippen LogP contribution in [0.4, 0.5) is 19.0 Å². The van der Waals surface area contributed by atoms with Gasteiger partial charge in [-0.15, -0.1) is 0 Å². The van der Waals surface area contributed by atoms with Crippen molar-refractivity contribution >= 4 is 27.6 Å². The van der Waals surface area contributed by atoms with Gasteiger partial charge in [0.15, 0.2) is 23.3 Å². The summed E-state index contributed by atoms with van der Waals surface area (Å²) >= 11 is 1.41. The molecule has 7 nitrogen and oxygen atoms in total. The Morgan fingerprint density at radius 3 is 2.65 bits per heavy atom. The molecule has 0 spiro atoms. The van der Waals surface area contributed by atoms with Crippen molar-refractivity contribution in [1.29, 1.82) is 5.26 Å². The molecule has 1 aromatic heterocycles. The van der Waals surface area contributed by atoms with Crippen molar-refractivity contribution in [3.8, 4) is 11.8 Å². The van der Waals surface area contributed by atoms with E-state index >= 15 is 0 Å². The zero-order valence-electron chi connectivity index (χ0n) is 12.9. The molecule has 1 aliphatic rings. The summed E-state index contributed by atoms with van der Waals surface area (Å²) in [5.74, 6) is 0.562. The largest absolute Gasteiger partial charge is 0.484 e. The first-order valence-corrected chi connectivity index (χ1v) is 9.62. The molecule has 0 aliphatic carbocycles. The number of imidazole rings is 1. The first-order valence-electron chi connectivity index (χ1n) is 7.15. The van der Waals surface area contributed by atoms with Crippen LogP contribution < -0.4 is 9.46 Å². The van der Waals surface area contributed by atoms with Gasteiger partial charge in [0.2, 0.25) is 0 Å². The van der Waals surface area contributed by atoms with E-state index in [2.05, 4.69) is 14.4 Å². The Balaban J connectivity index is 1.78. The number of hydrogen-bond acceptors (Lipinski definition) is 6. The molecule has 0 atom stereocenters. The molecule has 0 fully saturated rings. The molecule has 2 aromatic rings. The smallest absolute Gasteiger partial charge is 0.422 e. The van der Waals surface area contributed by atoms with Gasteiger partial charge in [0.1, 0.15) is 11.8 Å². The van der Waals surface area contributed by atoms with Crippen LogP contribution in [0.3, 0.4) is 0 Å². The van der Waals surface area contributed by atoms with Crippen molar-refractivity contribution in [3.63, 3.8) is 0 Å². The van der Waals surface area contributed by atoms with E-state index in [9.17, 15) is 26.9 Å². The highest BCUT2D eigenvalue weighted by atomic mass is 32.2. The van der Waals surface area contributed by atoms with E-state index in [-0.39, 0.29) is 22.2 Å². The van der Waals surface area contributed by atoms with Crippen molar-refractivity contribution in [2.45, 2.75) is 22.8 Å². The number of anilines is 1. The molecule has 26 heavy (non-hydrogen) atoms. The first-order chi connectivity index (χ1) is 12.2. The maximum atomic E-state index is 12.4. The second kappa shape index (κ2) is 6.73. The summed E-state index contributed by atoms with van der Waals surface area (Å²) < 4.78 is 69.6. The Bertz CT molecular complexity index is 963. The van der Waals surface area contributed by atoms with Crippen molar-refractivity contribution in [1.82, 2.24) is 9.55 Å². The van der Waals surface area contributed by atoms with Gasteiger partial charge in [-0.25, -0.2) is 13.4 Å². The highest BCUT2D eigenvalue weighted by Crippen LogP contribution is 2.31. The second-order valence-electron chi connectivity index (χ2n) is 5.18. The number of fused-ring (bicyclic) bond motifs is 1. The number of nitrogens with one attached hydrogen (secondary N) is 1. The molecule has 0 radical (unpaired) electrons. The number of nitrogens with zero attached hydrogens (tertiary/aromatic N) is 3. The van der Waals surface area contributed by atoms with Gasteiger partial charge in [0.25, 0.3) is 10.0 Å². The average Bonchev–Trinajstić information content (AvgIpc) is 3.12. The lowest BCUT2D eigenvalue weighted by atomic mass is 10.3. The molecule has 12 heteroatoms. The van der Waals surface area contributed by atoms with Crippen LogP contribution in [0, 0.1) is 11.3 Å². The summed E-state index contributed by atoms with van der Waals surface area (Å²) in [7, 11) is -4.06. The van der Waals surface area contributed by atoms with Gasteiger partial charge in [-0.05, 0) is 24.3 Å². The molecule has 1 aliphatic heterocycles. The fourth-order valence-electron chi connectivity index (χ4n) is 2.23. The number of nitriles is 1. The van der Waals surface area contributed by atoms with E-state index in [1.807, 2.05) is 6.07 Å². The van der Waals surface area contributed by atoms with Crippen molar-refractivity contribution < 1.29 is 26.3 Å². The van der Waals surface area contributed by atoms with E-state index in [1.165, 1.54) is 11.8 Å². The predicted octanol–water partition coefficient (Wildman–Crippen LogP) is 2.60. The summed E-state index contributed by atoms with van der Waals surface area (Å²) in [5.41, 5.74) is 0.110. The number of thioether (sulfide) groups is 1. The summed E-state index contributed by atoms with van der Waals surface area (Å²) in [4.78, 5) is 3.92. The molecule has 0 amide bonds. The van der Waals surface area contributed by atoms with E-state index in [1.54, 1.807) is 4.57 Å². The van der Waals surface area contributed by atoms with Crippen LogP contribution >= 0.6 is 11.8 Å². The molecule has 138 valence electrons. The SMILES string of the molecule is N#Cc1c(NS(=O)(=O)c2ccc(OCC(F)(F)F)cc2)nc2n1CCS2. The third-order valence-electron chi connectivity index (χ3n) is 3.35. The molecular formula is C14H11F3N4O3S2. The molecule has 1 N–H and O–H groups in total. The van der Waals surface area contributed by atoms with Gasteiger partial charge in [-0.3, -0.25) is 4.72 Å². The van der Waals surface area contributed by atoms with Gasteiger partial charge in [0, 0.05) is 12.3 Å². The Morgan fingerprint density at radius 2 is 2.04 bits per heavy atom. The average molecular weight is 404 g/mol. The Morgan fingerprint density at radius 1 is 1.35 bits per heavy atom. The third-order valence-corrected chi connectivity index (χ3v) is 5.66. The van der Waals surface area contributed by atoms with E-state index in [0.29, 0.717) is 11.7 Å². The summed E-state index contributed by atoms with van der Waals surface area (Å²) in [6.07, 6.45) is -4.49. The molecular weight excluding hydrogens is 393 g/mol. The molecule has 1 aromatic carbocycles. The normalized spacial score (nSPS) is 13.9. The quantitative estimate of drug-likeness (QED) is 0.823. The minimum atomic E-state index is -4.49. The Hall–Kier alpha value is -2.39. The molecule has 0 unspecified atom stereocenters. The van der Waals surface area contributed by atoms with Crippen LogP contribution in [-0.2, 0) is 16.6 Å². The number of aromatic nitrogens is 2. The van der Waals surface area contributed by atoms with Crippen LogP contribution in [-0.4, -0.2) is 36.5 Å². The Kier molecular flexibility index (Phi) is 4.76. The molecule has 3 rings (SSSR count). The predicted molar refractivity (Wildman–Crippen MR) is 86.5 cm³/mol. The van der Waals surface area contributed by atoms with Gasteiger partial charge in [-0.1, -0.05) is 11.8 Å². The highest BCUT2D eigenvalue weighted by molar-refractivity contribution is 7.99. The van der Waals surface area contributed by atoms with Gasteiger partial charge >= 0.3 is 6.18 Å². The fraction of sp³-hybridized carbons (Fsp3) is 0.286. The lowest BCUT2D eigenvalue weighted by Gasteiger charge is -2.10. The van der Waals surface area contributed by atoms with E-state index in [4.69, 9.17) is 0 Å². The van der Waals surface area contributed by atoms with Crippen LogP contribution in [0.2, 0.25) is 0 Å². The Labute approximate surface area is 150 Å². The summed E-state index contributed by atoms with van der Waals surface area (Å²) in [6, 6.07) is 6.38. The molecule has 2 heterocycles. The monoisotopic (exact) mass is 404 g/mol. The highest BCUT2D eigenvalue weighted by Gasteiger charge is 2.29. The second-order valence-corrected chi connectivity index (χ2v) is 7.93. The van der Waals surface area contributed by atoms with Crippen LogP contribution in [0.1, 0.15) is 5.69 Å². The van der Waals surface area contributed by atoms with Crippen molar-refractivity contribution in [2.75, 3.05) is 17.1 Å². The fourth-order valence-corrected chi connectivity index (χ4v) is 4.19. The molecule has 0 saturated heterocycles. The summed E-state index contributed by atoms with van der Waals surface area (Å²) in [5, 5.41) is 9.79. The number of rotatable bonds is 5. The lowest BCUT2D eigenvalue weighted by molar-refractivity contribution is -0.153. The number of sulfonamides is 1. The summed E-state index contributed by atoms with van der Waals surface area (Å²) in [6.45, 7) is -0.913. The molecule has 0 bridgehead atoms. The van der Waals surface area contributed by atoms with E-state index in [0.717, 1.165) is 30.0 Å². The third kappa shape index (κ3) is 3.88. The van der Waals surface area contributed by atoms with Gasteiger partial charge in [-0.2, -0.15) is 18.4 Å². The minimum Gasteiger partial charge on any atom is -0.484 e. The maximum Gasteiger partial charge on any atom is 0.422 e. The van der Waals surface area contributed by atoms with Gasteiger partial charge in [0.05, 0.1) is 4.90 Å². The molecule has 0 saturated carbocycles. The topological polar surface area (TPSA) is 97.0 Å². The zero-order valence-corrected chi connectivity index (χ0v) is 14.6. The number of alkyl halides is 3. The van der Waals surface area contributed by atoms with Crippen molar-refractivity contribution in [2.24, 2.45) is 0 Å². The number of hydrogen-bond donors (Lipinski definition) is 1. The maximum absolute atomic E-state index is 12.4. The van der Waals surface area contributed by atoms with E-state index < -0.39 is 22.8 Å². The minimum absolute atomic E-state index is 0.0768.